The van der Waals surface area contributed by atoms with E-state index in [0.717, 1.165) is 19.9 Å². The summed E-state index contributed by atoms with van der Waals surface area (Å²) in [5.74, 6) is -0.846. The molecular formula is C34H35BrClN3O4S. The number of carbonyl (C=O) groups is 2. The van der Waals surface area contributed by atoms with Crippen molar-refractivity contribution >= 4 is 55.1 Å². The maximum absolute atomic E-state index is 14.5. The lowest BCUT2D eigenvalue weighted by Gasteiger charge is -2.34. The number of hydrogen-bond acceptors (Lipinski definition) is 4. The van der Waals surface area contributed by atoms with Crippen LogP contribution in [-0.4, -0.2) is 43.8 Å². The number of hydrogen-bond donors (Lipinski definition) is 1. The largest absolute Gasteiger partial charge is 0.352 e. The minimum Gasteiger partial charge on any atom is -0.352 e. The van der Waals surface area contributed by atoms with Crippen molar-refractivity contribution in [1.29, 1.82) is 0 Å². The fourth-order valence-corrected chi connectivity index (χ4v) is 6.54. The van der Waals surface area contributed by atoms with Crippen LogP contribution in [0, 0.1) is 0 Å². The maximum Gasteiger partial charge on any atom is 0.264 e. The number of nitrogens with one attached hydrogen (secondary N) is 1. The molecule has 0 bridgehead atoms. The topological polar surface area (TPSA) is 86.8 Å². The van der Waals surface area contributed by atoms with Gasteiger partial charge in [-0.05, 0) is 66.9 Å². The van der Waals surface area contributed by atoms with Gasteiger partial charge in [0.25, 0.3) is 10.0 Å². The monoisotopic (exact) mass is 695 g/mol. The Kier molecular flexibility index (Phi) is 11.6. The Morgan fingerprint density at radius 3 is 2.11 bits per heavy atom. The SMILES string of the molecule is CC[C@H](C)NC(=O)[C@H](Cc1ccccc1)N(Cc1ccc(Br)cc1)C(=O)CN(c1cccc(Cl)c1)S(=O)(=O)c1ccccc1. The molecule has 2 atom stereocenters. The van der Waals surface area contributed by atoms with Gasteiger partial charge in [-0.25, -0.2) is 8.42 Å². The number of sulfonamides is 1. The Labute approximate surface area is 273 Å². The van der Waals surface area contributed by atoms with Crippen LogP contribution in [0.3, 0.4) is 0 Å². The second-order valence-electron chi connectivity index (χ2n) is 10.5. The molecule has 4 aromatic carbocycles. The highest BCUT2D eigenvalue weighted by molar-refractivity contribution is 9.10. The van der Waals surface area contributed by atoms with Crippen LogP contribution >= 0.6 is 27.5 Å². The quantitative estimate of drug-likeness (QED) is 0.166. The molecule has 0 radical (unpaired) electrons. The summed E-state index contributed by atoms with van der Waals surface area (Å²) in [5.41, 5.74) is 1.90. The first-order valence-electron chi connectivity index (χ1n) is 14.3. The molecule has 0 aliphatic rings. The van der Waals surface area contributed by atoms with E-state index in [4.69, 9.17) is 11.6 Å². The molecule has 230 valence electrons. The minimum absolute atomic E-state index is 0.0302. The van der Waals surface area contributed by atoms with Gasteiger partial charge in [0.2, 0.25) is 11.8 Å². The van der Waals surface area contributed by atoms with Crippen molar-refractivity contribution in [2.45, 2.75) is 50.2 Å². The van der Waals surface area contributed by atoms with Crippen molar-refractivity contribution in [1.82, 2.24) is 10.2 Å². The van der Waals surface area contributed by atoms with Crippen LogP contribution in [0.4, 0.5) is 5.69 Å². The highest BCUT2D eigenvalue weighted by Gasteiger charge is 2.35. The predicted octanol–water partition coefficient (Wildman–Crippen LogP) is 6.85. The van der Waals surface area contributed by atoms with Gasteiger partial charge < -0.3 is 10.2 Å². The zero-order valence-electron chi connectivity index (χ0n) is 24.6. The van der Waals surface area contributed by atoms with Gasteiger partial charge in [-0.1, -0.05) is 101 Å². The zero-order chi connectivity index (χ0) is 31.7. The van der Waals surface area contributed by atoms with Crippen molar-refractivity contribution in [2.75, 3.05) is 10.8 Å². The van der Waals surface area contributed by atoms with Crippen LogP contribution in [-0.2, 0) is 32.6 Å². The molecule has 0 fully saturated rings. The van der Waals surface area contributed by atoms with Crippen LogP contribution in [0.25, 0.3) is 0 Å². The minimum atomic E-state index is -4.19. The van der Waals surface area contributed by atoms with Crippen molar-refractivity contribution < 1.29 is 18.0 Å². The van der Waals surface area contributed by atoms with Gasteiger partial charge in [-0.3, -0.25) is 13.9 Å². The van der Waals surface area contributed by atoms with Crippen LogP contribution in [0.15, 0.2) is 119 Å². The Morgan fingerprint density at radius 1 is 0.864 bits per heavy atom. The maximum atomic E-state index is 14.5. The number of rotatable bonds is 13. The summed E-state index contributed by atoms with van der Waals surface area (Å²) >= 11 is 9.73. The summed E-state index contributed by atoms with van der Waals surface area (Å²) in [5, 5.41) is 3.36. The fraction of sp³-hybridized carbons (Fsp3) is 0.235. The zero-order valence-corrected chi connectivity index (χ0v) is 27.7. The van der Waals surface area contributed by atoms with Gasteiger partial charge >= 0.3 is 0 Å². The van der Waals surface area contributed by atoms with Crippen molar-refractivity contribution in [2.24, 2.45) is 0 Å². The number of anilines is 1. The third-order valence-corrected chi connectivity index (χ3v) is 9.80. The number of amides is 2. The van der Waals surface area contributed by atoms with Crippen LogP contribution in [0.1, 0.15) is 31.4 Å². The first-order chi connectivity index (χ1) is 21.1. The summed E-state index contributed by atoms with van der Waals surface area (Å²) in [6.45, 7) is 3.42. The number of nitrogens with zero attached hydrogens (tertiary/aromatic N) is 2. The van der Waals surface area contributed by atoms with Gasteiger partial charge in [0, 0.05) is 28.5 Å². The third-order valence-electron chi connectivity index (χ3n) is 7.24. The van der Waals surface area contributed by atoms with Crippen molar-refractivity contribution in [3.8, 4) is 0 Å². The lowest BCUT2D eigenvalue weighted by molar-refractivity contribution is -0.140. The first kappa shape index (κ1) is 33.2. The van der Waals surface area contributed by atoms with Crippen molar-refractivity contribution in [3.05, 3.63) is 130 Å². The molecule has 0 aromatic heterocycles. The first-order valence-corrected chi connectivity index (χ1v) is 16.9. The molecule has 4 aromatic rings. The van der Waals surface area contributed by atoms with Gasteiger partial charge in [-0.15, -0.1) is 0 Å². The van der Waals surface area contributed by atoms with Crippen LogP contribution in [0.2, 0.25) is 5.02 Å². The summed E-state index contributed by atoms with van der Waals surface area (Å²) in [4.78, 5) is 29.8. The summed E-state index contributed by atoms with van der Waals surface area (Å²) in [7, 11) is -4.19. The van der Waals surface area contributed by atoms with E-state index in [1.807, 2.05) is 68.4 Å². The predicted molar refractivity (Wildman–Crippen MR) is 179 cm³/mol. The number of benzene rings is 4. The number of carbonyl (C=O) groups excluding carboxylic acids is 2. The molecule has 0 unspecified atom stereocenters. The molecule has 0 aliphatic carbocycles. The summed E-state index contributed by atoms with van der Waals surface area (Å²) in [6.07, 6.45) is 0.955. The molecule has 0 heterocycles. The molecule has 10 heteroatoms. The second-order valence-corrected chi connectivity index (χ2v) is 13.7. The average Bonchev–Trinajstić information content (AvgIpc) is 3.03. The second kappa shape index (κ2) is 15.4. The van der Waals surface area contributed by atoms with E-state index in [2.05, 4.69) is 21.2 Å². The lowest BCUT2D eigenvalue weighted by atomic mass is 10.0. The van der Waals surface area contributed by atoms with Crippen LogP contribution in [0.5, 0.6) is 0 Å². The Hall–Kier alpha value is -3.66. The molecule has 0 saturated heterocycles. The molecule has 0 spiro atoms. The van der Waals surface area contributed by atoms with Crippen molar-refractivity contribution in [3.63, 3.8) is 0 Å². The summed E-state index contributed by atoms with van der Waals surface area (Å²) < 4.78 is 29.9. The molecule has 7 nitrogen and oxygen atoms in total. The van der Waals surface area contributed by atoms with E-state index in [-0.39, 0.29) is 35.5 Å². The normalized spacial score (nSPS) is 12.6. The summed E-state index contributed by atoms with van der Waals surface area (Å²) in [6, 6.07) is 30.2. The highest BCUT2D eigenvalue weighted by Crippen LogP contribution is 2.27. The third kappa shape index (κ3) is 8.71. The Balaban J connectivity index is 1.80. The Bertz CT molecular complexity index is 1660. The Morgan fingerprint density at radius 2 is 1.50 bits per heavy atom. The van der Waals surface area contributed by atoms with E-state index in [9.17, 15) is 18.0 Å². The molecule has 0 saturated carbocycles. The lowest BCUT2D eigenvalue weighted by Crippen LogP contribution is -2.54. The molecule has 2 amide bonds. The van der Waals surface area contributed by atoms with E-state index >= 15 is 0 Å². The van der Waals surface area contributed by atoms with Gasteiger partial charge in [0.15, 0.2) is 0 Å². The smallest absolute Gasteiger partial charge is 0.264 e. The van der Waals surface area contributed by atoms with Gasteiger partial charge in [0.1, 0.15) is 12.6 Å². The fourth-order valence-electron chi connectivity index (χ4n) is 4.66. The average molecular weight is 697 g/mol. The molecule has 44 heavy (non-hydrogen) atoms. The van der Waals surface area contributed by atoms with E-state index in [1.54, 1.807) is 36.4 Å². The van der Waals surface area contributed by atoms with E-state index < -0.39 is 28.5 Å². The molecule has 0 aliphatic heterocycles. The molecule has 4 rings (SSSR count). The van der Waals surface area contributed by atoms with Crippen LogP contribution < -0.4 is 9.62 Å². The van der Waals surface area contributed by atoms with E-state index in [1.165, 1.54) is 23.1 Å². The van der Waals surface area contributed by atoms with E-state index in [0.29, 0.717) is 11.4 Å². The number of halogens is 2. The molecular weight excluding hydrogens is 662 g/mol. The van der Waals surface area contributed by atoms with Gasteiger partial charge in [0.05, 0.1) is 10.6 Å². The van der Waals surface area contributed by atoms with Gasteiger partial charge in [-0.2, -0.15) is 0 Å². The molecule has 1 N–H and O–H groups in total. The standard InChI is InChI=1S/C34H35BrClN3O4S/c1-3-25(2)37-34(41)32(21-26-11-6-4-7-12-26)38(23-27-17-19-28(35)20-18-27)33(40)24-39(30-14-10-13-29(36)22-30)44(42,43)31-15-8-5-9-16-31/h4-20,22,25,32H,3,21,23-24H2,1-2H3,(H,37,41)/t25-,32-/m0/s1. The highest BCUT2D eigenvalue weighted by atomic mass is 79.9.